The quantitative estimate of drug-likeness (QED) is 0.784. The fourth-order valence-corrected chi connectivity index (χ4v) is 2.63. The second-order valence-electron chi connectivity index (χ2n) is 5.15. The average molecular weight is 317 g/mol. The van der Waals surface area contributed by atoms with Crippen molar-refractivity contribution in [2.45, 2.75) is 19.6 Å². The Bertz CT molecular complexity index is 785. The summed E-state index contributed by atoms with van der Waals surface area (Å²) in [5.74, 6) is 1.45. The van der Waals surface area contributed by atoms with Crippen molar-refractivity contribution in [3.8, 4) is 5.75 Å². The van der Waals surface area contributed by atoms with Crippen LogP contribution in [0.15, 0.2) is 48.5 Å². The van der Waals surface area contributed by atoms with Crippen molar-refractivity contribution in [2.24, 2.45) is 0 Å². The summed E-state index contributed by atoms with van der Waals surface area (Å²) < 4.78 is 7.58. The van der Waals surface area contributed by atoms with Crippen molar-refractivity contribution in [3.63, 3.8) is 0 Å². The zero-order chi connectivity index (χ0) is 15.5. The minimum atomic E-state index is -0.646. The van der Waals surface area contributed by atoms with Crippen molar-refractivity contribution in [1.29, 1.82) is 0 Å². The summed E-state index contributed by atoms with van der Waals surface area (Å²) >= 11 is 6.03. The summed E-state index contributed by atoms with van der Waals surface area (Å²) in [6.07, 6.45) is -0.646. The van der Waals surface area contributed by atoms with E-state index in [1.165, 1.54) is 0 Å². The number of hydrogen-bond donors (Lipinski definition) is 1. The molecular formula is C17H17ClN2O2. The molecule has 0 bridgehead atoms. The SMILES string of the molecule is Cc1nc2ccccc2n1C[C@@H](O)COc1ccccc1Cl. The van der Waals surface area contributed by atoms with Crippen LogP contribution in [0.2, 0.25) is 5.02 Å². The lowest BCUT2D eigenvalue weighted by Crippen LogP contribution is -2.24. The van der Waals surface area contributed by atoms with Crippen molar-refractivity contribution in [2.75, 3.05) is 6.61 Å². The number of hydrogen-bond acceptors (Lipinski definition) is 3. The van der Waals surface area contributed by atoms with E-state index in [9.17, 15) is 5.11 Å². The highest BCUT2D eigenvalue weighted by atomic mass is 35.5. The lowest BCUT2D eigenvalue weighted by Gasteiger charge is -2.15. The molecule has 0 fully saturated rings. The maximum Gasteiger partial charge on any atom is 0.138 e. The van der Waals surface area contributed by atoms with Gasteiger partial charge in [0.1, 0.15) is 24.3 Å². The van der Waals surface area contributed by atoms with Gasteiger partial charge in [0.2, 0.25) is 0 Å². The second kappa shape index (κ2) is 6.38. The molecule has 4 nitrogen and oxygen atoms in total. The molecule has 0 aliphatic rings. The topological polar surface area (TPSA) is 47.3 Å². The number of halogens is 1. The zero-order valence-corrected chi connectivity index (χ0v) is 13.0. The lowest BCUT2D eigenvalue weighted by atomic mass is 10.3. The van der Waals surface area contributed by atoms with Crippen molar-refractivity contribution in [1.82, 2.24) is 9.55 Å². The fourth-order valence-electron chi connectivity index (χ4n) is 2.44. The maximum absolute atomic E-state index is 10.2. The molecule has 22 heavy (non-hydrogen) atoms. The molecule has 1 aromatic heterocycles. The fraction of sp³-hybridized carbons (Fsp3) is 0.235. The Morgan fingerprint density at radius 3 is 2.73 bits per heavy atom. The minimum absolute atomic E-state index is 0.176. The minimum Gasteiger partial charge on any atom is -0.489 e. The van der Waals surface area contributed by atoms with Gasteiger partial charge >= 0.3 is 0 Å². The molecule has 0 aliphatic heterocycles. The second-order valence-corrected chi connectivity index (χ2v) is 5.56. The molecule has 1 N–H and O–H groups in total. The Labute approximate surface area is 133 Å². The Morgan fingerprint density at radius 2 is 1.91 bits per heavy atom. The number of aliphatic hydroxyl groups excluding tert-OH is 1. The summed E-state index contributed by atoms with van der Waals surface area (Å²) in [6, 6.07) is 15.1. The van der Waals surface area contributed by atoms with Crippen LogP contribution in [-0.2, 0) is 6.54 Å². The molecule has 0 aliphatic carbocycles. The number of ether oxygens (including phenoxy) is 1. The highest BCUT2D eigenvalue weighted by Gasteiger charge is 2.12. The average Bonchev–Trinajstić information content (AvgIpc) is 2.83. The first-order valence-corrected chi connectivity index (χ1v) is 7.50. The summed E-state index contributed by atoms with van der Waals surface area (Å²) in [7, 11) is 0. The molecule has 1 atom stereocenters. The van der Waals surface area contributed by atoms with E-state index in [2.05, 4.69) is 4.98 Å². The molecule has 3 rings (SSSR count). The van der Waals surface area contributed by atoms with Crippen LogP contribution in [0.3, 0.4) is 0 Å². The molecule has 2 aromatic carbocycles. The van der Waals surface area contributed by atoms with Crippen LogP contribution >= 0.6 is 11.6 Å². The number of nitrogens with zero attached hydrogens (tertiary/aromatic N) is 2. The van der Waals surface area contributed by atoms with Gasteiger partial charge in [0.15, 0.2) is 0 Å². The predicted octanol–water partition coefficient (Wildman–Crippen LogP) is 3.44. The normalized spacial score (nSPS) is 12.5. The molecule has 1 heterocycles. The van der Waals surface area contributed by atoms with Gasteiger partial charge in [-0.25, -0.2) is 4.98 Å². The Kier molecular flexibility index (Phi) is 4.32. The third-order valence-corrected chi connectivity index (χ3v) is 3.82. The molecule has 0 unspecified atom stereocenters. The predicted molar refractivity (Wildman–Crippen MR) is 87.4 cm³/mol. The summed E-state index contributed by atoms with van der Waals surface area (Å²) in [5, 5.41) is 10.8. The lowest BCUT2D eigenvalue weighted by molar-refractivity contribution is 0.0930. The Balaban J connectivity index is 1.70. The smallest absolute Gasteiger partial charge is 0.138 e. The highest BCUT2D eigenvalue weighted by molar-refractivity contribution is 6.32. The standard InChI is InChI=1S/C17H17ClN2O2/c1-12-19-15-7-3-4-8-16(15)20(12)10-13(21)11-22-17-9-5-2-6-14(17)18/h2-9,13,21H,10-11H2,1H3/t13-/m1/s1. The molecule has 3 aromatic rings. The molecule has 114 valence electrons. The number of benzene rings is 2. The number of imidazole rings is 1. The first-order valence-electron chi connectivity index (χ1n) is 7.12. The van der Waals surface area contributed by atoms with Crippen molar-refractivity contribution >= 4 is 22.6 Å². The van der Waals surface area contributed by atoms with Crippen LogP contribution in [-0.4, -0.2) is 27.4 Å². The summed E-state index contributed by atoms with van der Waals surface area (Å²) in [5.41, 5.74) is 1.94. The van der Waals surface area contributed by atoms with Gasteiger partial charge in [0.05, 0.1) is 22.6 Å². The number of aliphatic hydroxyl groups is 1. The van der Waals surface area contributed by atoms with Gasteiger partial charge in [-0.05, 0) is 31.2 Å². The van der Waals surface area contributed by atoms with Gasteiger partial charge in [-0.15, -0.1) is 0 Å². The maximum atomic E-state index is 10.2. The van der Waals surface area contributed by atoms with Gasteiger partial charge in [-0.1, -0.05) is 35.9 Å². The van der Waals surface area contributed by atoms with E-state index < -0.39 is 6.10 Å². The van der Waals surface area contributed by atoms with Crippen LogP contribution in [0.25, 0.3) is 11.0 Å². The van der Waals surface area contributed by atoms with Crippen molar-refractivity contribution < 1.29 is 9.84 Å². The monoisotopic (exact) mass is 316 g/mol. The van der Waals surface area contributed by atoms with Gasteiger partial charge < -0.3 is 14.4 Å². The first-order chi connectivity index (χ1) is 10.6. The van der Waals surface area contributed by atoms with Gasteiger partial charge in [-0.3, -0.25) is 0 Å². The van der Waals surface area contributed by atoms with E-state index in [0.717, 1.165) is 16.9 Å². The number of fused-ring (bicyclic) bond motifs is 1. The van der Waals surface area contributed by atoms with Gasteiger partial charge in [-0.2, -0.15) is 0 Å². The third-order valence-electron chi connectivity index (χ3n) is 3.51. The summed E-state index contributed by atoms with van der Waals surface area (Å²) in [6.45, 7) is 2.54. The van der Waals surface area contributed by atoms with Gasteiger partial charge in [0, 0.05) is 0 Å². The van der Waals surface area contributed by atoms with Crippen LogP contribution in [0, 0.1) is 6.92 Å². The van der Waals surface area contributed by atoms with E-state index >= 15 is 0 Å². The zero-order valence-electron chi connectivity index (χ0n) is 12.2. The van der Waals surface area contributed by atoms with E-state index in [1.54, 1.807) is 12.1 Å². The Morgan fingerprint density at radius 1 is 1.18 bits per heavy atom. The van der Waals surface area contributed by atoms with Crippen LogP contribution < -0.4 is 4.74 Å². The van der Waals surface area contributed by atoms with Gasteiger partial charge in [0.25, 0.3) is 0 Å². The third kappa shape index (κ3) is 3.08. The van der Waals surface area contributed by atoms with Crippen molar-refractivity contribution in [3.05, 3.63) is 59.4 Å². The summed E-state index contributed by atoms with van der Waals surface area (Å²) in [4.78, 5) is 4.49. The van der Waals surface area contributed by atoms with E-state index in [-0.39, 0.29) is 6.61 Å². The number of para-hydroxylation sites is 3. The molecule has 0 saturated heterocycles. The molecule has 0 saturated carbocycles. The molecule has 0 spiro atoms. The highest BCUT2D eigenvalue weighted by Crippen LogP contribution is 2.23. The van der Waals surface area contributed by atoms with Crippen LogP contribution in [0.5, 0.6) is 5.75 Å². The van der Waals surface area contributed by atoms with E-state index in [1.807, 2.05) is 47.9 Å². The van der Waals surface area contributed by atoms with Crippen LogP contribution in [0.1, 0.15) is 5.82 Å². The first kappa shape index (κ1) is 14.9. The number of rotatable bonds is 5. The van der Waals surface area contributed by atoms with E-state index in [0.29, 0.717) is 17.3 Å². The largest absolute Gasteiger partial charge is 0.489 e. The molecule has 0 amide bonds. The molecule has 5 heteroatoms. The molecule has 0 radical (unpaired) electrons. The van der Waals surface area contributed by atoms with E-state index in [4.69, 9.17) is 16.3 Å². The Hall–Kier alpha value is -2.04. The molecular weight excluding hydrogens is 300 g/mol. The number of aryl methyl sites for hydroxylation is 1. The van der Waals surface area contributed by atoms with Crippen LogP contribution in [0.4, 0.5) is 0 Å². The number of aromatic nitrogens is 2.